The zero-order valence-corrected chi connectivity index (χ0v) is 14.0. The standard InChI is InChI=1S/C18H22N2O4/c1-12-3-5-14(6-4-12)20-10-13(9-15(20)21)16(22)19-8-7-18(2,11-19)17(23)24/h3-6,13H,7-11H2,1-2H3,(H,23,24). The fourth-order valence-electron chi connectivity index (χ4n) is 3.43. The number of carboxylic acids is 1. The molecule has 3 rings (SSSR count). The fourth-order valence-corrected chi connectivity index (χ4v) is 3.43. The highest BCUT2D eigenvalue weighted by Gasteiger charge is 2.45. The Kier molecular flexibility index (Phi) is 4.07. The van der Waals surface area contributed by atoms with Crippen LogP contribution >= 0.6 is 0 Å². The molecule has 0 aromatic heterocycles. The van der Waals surface area contributed by atoms with Crippen LogP contribution in [0.5, 0.6) is 0 Å². The van der Waals surface area contributed by atoms with Crippen molar-refractivity contribution in [2.75, 3.05) is 24.5 Å². The number of carboxylic acid groups (broad SMARTS) is 1. The lowest BCUT2D eigenvalue weighted by molar-refractivity contribution is -0.147. The van der Waals surface area contributed by atoms with Crippen LogP contribution in [0.2, 0.25) is 0 Å². The molecule has 0 aliphatic carbocycles. The number of anilines is 1. The number of carbonyl (C=O) groups excluding carboxylic acids is 2. The maximum atomic E-state index is 12.7. The Balaban J connectivity index is 1.69. The zero-order valence-electron chi connectivity index (χ0n) is 14.0. The molecular formula is C18H22N2O4. The van der Waals surface area contributed by atoms with E-state index in [1.807, 2.05) is 31.2 Å². The molecule has 128 valence electrons. The second-order valence-electron chi connectivity index (χ2n) is 7.12. The van der Waals surface area contributed by atoms with E-state index in [-0.39, 0.29) is 24.8 Å². The number of amides is 2. The average molecular weight is 330 g/mol. The number of hydrogen-bond acceptors (Lipinski definition) is 3. The van der Waals surface area contributed by atoms with E-state index in [1.165, 1.54) is 0 Å². The highest BCUT2D eigenvalue weighted by atomic mass is 16.4. The number of aryl methyl sites for hydroxylation is 1. The van der Waals surface area contributed by atoms with Gasteiger partial charge in [0.1, 0.15) is 0 Å². The predicted molar refractivity (Wildman–Crippen MR) is 88.6 cm³/mol. The van der Waals surface area contributed by atoms with Crippen LogP contribution in [0.15, 0.2) is 24.3 Å². The van der Waals surface area contributed by atoms with Crippen molar-refractivity contribution >= 4 is 23.5 Å². The van der Waals surface area contributed by atoms with Crippen LogP contribution in [0.25, 0.3) is 0 Å². The minimum atomic E-state index is -0.880. The second-order valence-corrected chi connectivity index (χ2v) is 7.12. The Hall–Kier alpha value is -2.37. The van der Waals surface area contributed by atoms with Crippen LogP contribution in [0.4, 0.5) is 5.69 Å². The Morgan fingerprint density at radius 3 is 2.50 bits per heavy atom. The molecule has 2 fully saturated rings. The van der Waals surface area contributed by atoms with E-state index in [0.29, 0.717) is 19.5 Å². The quantitative estimate of drug-likeness (QED) is 0.914. The van der Waals surface area contributed by atoms with Gasteiger partial charge in [0.05, 0.1) is 11.3 Å². The van der Waals surface area contributed by atoms with Crippen LogP contribution in [0.1, 0.15) is 25.3 Å². The van der Waals surface area contributed by atoms with Crippen LogP contribution in [-0.4, -0.2) is 47.4 Å². The summed E-state index contributed by atoms with van der Waals surface area (Å²) in [5.41, 5.74) is 1.04. The molecule has 1 N–H and O–H groups in total. The van der Waals surface area contributed by atoms with E-state index < -0.39 is 17.3 Å². The van der Waals surface area contributed by atoms with Crippen molar-refractivity contribution in [1.29, 1.82) is 0 Å². The van der Waals surface area contributed by atoms with E-state index in [4.69, 9.17) is 0 Å². The molecule has 2 heterocycles. The van der Waals surface area contributed by atoms with E-state index in [1.54, 1.807) is 16.7 Å². The van der Waals surface area contributed by atoms with E-state index >= 15 is 0 Å². The molecular weight excluding hydrogens is 308 g/mol. The number of rotatable bonds is 3. The van der Waals surface area contributed by atoms with Gasteiger partial charge in [-0.1, -0.05) is 17.7 Å². The highest BCUT2D eigenvalue weighted by Crippen LogP contribution is 2.33. The van der Waals surface area contributed by atoms with E-state index in [2.05, 4.69) is 0 Å². The van der Waals surface area contributed by atoms with E-state index in [0.717, 1.165) is 11.3 Å². The molecule has 24 heavy (non-hydrogen) atoms. The number of benzene rings is 1. The largest absolute Gasteiger partial charge is 0.481 e. The lowest BCUT2D eigenvalue weighted by Gasteiger charge is -2.23. The lowest BCUT2D eigenvalue weighted by atomic mass is 9.90. The third kappa shape index (κ3) is 2.88. The Bertz CT molecular complexity index is 685. The van der Waals surface area contributed by atoms with Crippen LogP contribution < -0.4 is 4.90 Å². The summed E-state index contributed by atoms with van der Waals surface area (Å²) in [6.45, 7) is 4.67. The summed E-state index contributed by atoms with van der Waals surface area (Å²) in [6, 6.07) is 7.65. The summed E-state index contributed by atoms with van der Waals surface area (Å²) < 4.78 is 0. The number of nitrogens with zero attached hydrogens (tertiary/aromatic N) is 2. The van der Waals surface area contributed by atoms with Gasteiger partial charge in [0.15, 0.2) is 0 Å². The van der Waals surface area contributed by atoms with Gasteiger partial charge >= 0.3 is 5.97 Å². The minimum Gasteiger partial charge on any atom is -0.481 e. The van der Waals surface area contributed by atoms with Gasteiger partial charge in [-0.25, -0.2) is 0 Å². The van der Waals surface area contributed by atoms with Gasteiger partial charge < -0.3 is 14.9 Å². The minimum absolute atomic E-state index is 0.0580. The van der Waals surface area contributed by atoms with Crippen LogP contribution in [-0.2, 0) is 14.4 Å². The van der Waals surface area contributed by atoms with Gasteiger partial charge in [0.2, 0.25) is 11.8 Å². The first-order chi connectivity index (χ1) is 11.3. The molecule has 0 spiro atoms. The topological polar surface area (TPSA) is 77.9 Å². The van der Waals surface area contributed by atoms with Crippen molar-refractivity contribution in [2.24, 2.45) is 11.3 Å². The number of carbonyl (C=O) groups is 3. The summed E-state index contributed by atoms with van der Waals surface area (Å²) >= 11 is 0. The van der Waals surface area contributed by atoms with Crippen molar-refractivity contribution < 1.29 is 19.5 Å². The van der Waals surface area contributed by atoms with Crippen molar-refractivity contribution in [3.63, 3.8) is 0 Å². The molecule has 0 radical (unpaired) electrons. The predicted octanol–water partition coefficient (Wildman–Crippen LogP) is 1.67. The van der Waals surface area contributed by atoms with Gasteiger partial charge in [-0.3, -0.25) is 14.4 Å². The normalized spacial score (nSPS) is 26.9. The lowest BCUT2D eigenvalue weighted by Crippen LogP contribution is -2.39. The maximum absolute atomic E-state index is 12.7. The van der Waals surface area contributed by atoms with Crippen molar-refractivity contribution in [3.05, 3.63) is 29.8 Å². The molecule has 2 atom stereocenters. The first-order valence-corrected chi connectivity index (χ1v) is 8.19. The van der Waals surface area contributed by atoms with Crippen LogP contribution in [0, 0.1) is 18.3 Å². The first-order valence-electron chi connectivity index (χ1n) is 8.19. The van der Waals surface area contributed by atoms with E-state index in [9.17, 15) is 19.5 Å². The molecule has 2 saturated heterocycles. The number of aliphatic carboxylic acids is 1. The Morgan fingerprint density at radius 1 is 1.25 bits per heavy atom. The fraction of sp³-hybridized carbons (Fsp3) is 0.500. The van der Waals surface area contributed by atoms with Gasteiger partial charge in [-0.2, -0.15) is 0 Å². The van der Waals surface area contributed by atoms with Gasteiger partial charge in [-0.15, -0.1) is 0 Å². The number of likely N-dealkylation sites (tertiary alicyclic amines) is 1. The monoisotopic (exact) mass is 330 g/mol. The van der Waals surface area contributed by atoms with Gasteiger partial charge in [0.25, 0.3) is 0 Å². The summed E-state index contributed by atoms with van der Waals surface area (Å²) in [5, 5.41) is 9.29. The molecule has 2 aliphatic heterocycles. The van der Waals surface area contributed by atoms with Crippen molar-refractivity contribution in [2.45, 2.75) is 26.7 Å². The summed E-state index contributed by atoms with van der Waals surface area (Å²) in [5.74, 6) is -1.43. The molecule has 0 bridgehead atoms. The molecule has 0 saturated carbocycles. The summed E-state index contributed by atoms with van der Waals surface area (Å²) in [4.78, 5) is 39.6. The molecule has 1 aromatic rings. The third-order valence-electron chi connectivity index (χ3n) is 5.12. The van der Waals surface area contributed by atoms with Gasteiger partial charge in [0, 0.05) is 31.7 Å². The molecule has 2 unspecified atom stereocenters. The number of hydrogen-bond donors (Lipinski definition) is 1. The smallest absolute Gasteiger partial charge is 0.311 e. The SMILES string of the molecule is Cc1ccc(N2CC(C(=O)N3CCC(C)(C(=O)O)C3)CC2=O)cc1. The van der Waals surface area contributed by atoms with Crippen LogP contribution in [0.3, 0.4) is 0 Å². The molecule has 2 amide bonds. The third-order valence-corrected chi connectivity index (χ3v) is 5.12. The Labute approximate surface area is 141 Å². The average Bonchev–Trinajstić information content (AvgIpc) is 3.12. The van der Waals surface area contributed by atoms with Crippen molar-refractivity contribution in [1.82, 2.24) is 4.90 Å². The maximum Gasteiger partial charge on any atom is 0.311 e. The molecule has 6 heteroatoms. The first kappa shape index (κ1) is 16.5. The summed E-state index contributed by atoms with van der Waals surface area (Å²) in [6.07, 6.45) is 0.642. The molecule has 6 nitrogen and oxygen atoms in total. The highest BCUT2D eigenvalue weighted by molar-refractivity contribution is 6.00. The second kappa shape index (κ2) is 5.92. The van der Waals surface area contributed by atoms with Gasteiger partial charge in [-0.05, 0) is 32.4 Å². The Morgan fingerprint density at radius 2 is 1.92 bits per heavy atom. The molecule has 1 aromatic carbocycles. The molecule has 2 aliphatic rings. The summed E-state index contributed by atoms with van der Waals surface area (Å²) in [7, 11) is 0. The van der Waals surface area contributed by atoms with Crippen molar-refractivity contribution in [3.8, 4) is 0 Å². The zero-order chi connectivity index (χ0) is 17.5.